The molecule has 1 aromatic rings. The second-order valence-electron chi connectivity index (χ2n) is 5.03. The fourth-order valence-corrected chi connectivity index (χ4v) is 2.49. The largest absolute Gasteiger partial charge is 0.349 e. The average molecular weight is 286 g/mol. The van der Waals surface area contributed by atoms with E-state index in [1.54, 1.807) is 0 Å². The SMILES string of the molecule is CNC1CCC(NC(=O)c2ccc(F)c(F)c2F)CC1. The Labute approximate surface area is 115 Å². The summed E-state index contributed by atoms with van der Waals surface area (Å²) in [6, 6.07) is 2.09. The van der Waals surface area contributed by atoms with Gasteiger partial charge in [-0.2, -0.15) is 0 Å². The third-order valence-electron chi connectivity index (χ3n) is 3.75. The maximum Gasteiger partial charge on any atom is 0.254 e. The lowest BCUT2D eigenvalue weighted by molar-refractivity contribution is 0.0919. The fourth-order valence-electron chi connectivity index (χ4n) is 2.49. The summed E-state index contributed by atoms with van der Waals surface area (Å²) in [5.41, 5.74) is -0.459. The van der Waals surface area contributed by atoms with E-state index >= 15 is 0 Å². The van der Waals surface area contributed by atoms with E-state index in [9.17, 15) is 18.0 Å². The van der Waals surface area contributed by atoms with Gasteiger partial charge in [-0.05, 0) is 44.9 Å². The van der Waals surface area contributed by atoms with E-state index in [0.717, 1.165) is 37.8 Å². The second kappa shape index (κ2) is 6.26. The summed E-state index contributed by atoms with van der Waals surface area (Å²) >= 11 is 0. The molecule has 2 N–H and O–H groups in total. The Bertz CT molecular complexity index is 499. The summed E-state index contributed by atoms with van der Waals surface area (Å²) in [5.74, 6) is -5.05. The first-order valence-corrected chi connectivity index (χ1v) is 6.64. The highest BCUT2D eigenvalue weighted by molar-refractivity contribution is 5.94. The van der Waals surface area contributed by atoms with Crippen molar-refractivity contribution in [3.63, 3.8) is 0 Å². The molecule has 1 aliphatic rings. The molecule has 0 saturated heterocycles. The first-order chi connectivity index (χ1) is 9.52. The molecule has 1 aliphatic carbocycles. The van der Waals surface area contributed by atoms with Gasteiger partial charge in [0.05, 0.1) is 5.56 Å². The lowest BCUT2D eigenvalue weighted by atomic mass is 9.91. The zero-order chi connectivity index (χ0) is 14.7. The molecule has 0 spiro atoms. The highest BCUT2D eigenvalue weighted by Crippen LogP contribution is 2.20. The van der Waals surface area contributed by atoms with Crippen molar-refractivity contribution in [2.45, 2.75) is 37.8 Å². The topological polar surface area (TPSA) is 41.1 Å². The molecule has 0 atom stereocenters. The quantitative estimate of drug-likeness (QED) is 0.838. The van der Waals surface area contributed by atoms with Crippen molar-refractivity contribution < 1.29 is 18.0 Å². The predicted octanol–water partition coefficient (Wildman–Crippen LogP) is 2.36. The second-order valence-corrected chi connectivity index (χ2v) is 5.03. The van der Waals surface area contributed by atoms with Crippen molar-refractivity contribution in [2.75, 3.05) is 7.05 Å². The zero-order valence-electron chi connectivity index (χ0n) is 11.2. The first kappa shape index (κ1) is 14.8. The molecule has 1 saturated carbocycles. The lowest BCUT2D eigenvalue weighted by Gasteiger charge is -2.28. The standard InChI is InChI=1S/C14H17F3N2O/c1-18-8-2-4-9(5-3-8)19-14(20)10-6-7-11(15)13(17)12(10)16/h6-9,18H,2-5H2,1H3,(H,19,20). The molecule has 2 rings (SSSR count). The van der Waals surface area contributed by atoms with E-state index in [-0.39, 0.29) is 6.04 Å². The van der Waals surface area contributed by atoms with Crippen LogP contribution in [-0.4, -0.2) is 25.0 Å². The molecule has 1 amide bonds. The van der Waals surface area contributed by atoms with Gasteiger partial charge in [-0.1, -0.05) is 0 Å². The van der Waals surface area contributed by atoms with Crippen LogP contribution in [0.1, 0.15) is 36.0 Å². The van der Waals surface area contributed by atoms with Gasteiger partial charge in [0, 0.05) is 12.1 Å². The third-order valence-corrected chi connectivity index (χ3v) is 3.75. The van der Waals surface area contributed by atoms with Gasteiger partial charge in [-0.3, -0.25) is 4.79 Å². The molecule has 1 fully saturated rings. The summed E-state index contributed by atoms with van der Waals surface area (Å²) < 4.78 is 39.4. The van der Waals surface area contributed by atoms with Crippen molar-refractivity contribution >= 4 is 5.91 Å². The van der Waals surface area contributed by atoms with Crippen LogP contribution in [0.2, 0.25) is 0 Å². The summed E-state index contributed by atoms with van der Waals surface area (Å²) in [6.07, 6.45) is 3.40. The third kappa shape index (κ3) is 3.12. The van der Waals surface area contributed by atoms with Gasteiger partial charge >= 0.3 is 0 Å². The molecule has 1 aromatic carbocycles. The minimum atomic E-state index is -1.61. The van der Waals surface area contributed by atoms with Crippen molar-refractivity contribution in [1.82, 2.24) is 10.6 Å². The van der Waals surface area contributed by atoms with Gasteiger partial charge in [-0.15, -0.1) is 0 Å². The van der Waals surface area contributed by atoms with Crippen LogP contribution in [0.25, 0.3) is 0 Å². The van der Waals surface area contributed by atoms with Crippen LogP contribution in [0.3, 0.4) is 0 Å². The summed E-state index contributed by atoms with van der Waals surface area (Å²) in [7, 11) is 1.89. The number of halogens is 3. The van der Waals surface area contributed by atoms with Gasteiger partial charge in [0.1, 0.15) is 0 Å². The molecule has 0 unspecified atom stereocenters. The number of rotatable bonds is 3. The number of carbonyl (C=O) groups excluding carboxylic acids is 1. The smallest absolute Gasteiger partial charge is 0.254 e. The van der Waals surface area contributed by atoms with Gasteiger partial charge < -0.3 is 10.6 Å². The normalized spacial score (nSPS) is 22.6. The summed E-state index contributed by atoms with van der Waals surface area (Å²) in [5, 5.41) is 5.84. The Kier molecular flexibility index (Phi) is 4.65. The fraction of sp³-hybridized carbons (Fsp3) is 0.500. The molecule has 3 nitrogen and oxygen atoms in total. The Morgan fingerprint density at radius 2 is 1.65 bits per heavy atom. The number of carbonyl (C=O) groups is 1. The summed E-state index contributed by atoms with van der Waals surface area (Å²) in [6.45, 7) is 0. The van der Waals surface area contributed by atoms with Gasteiger partial charge in [-0.25, -0.2) is 13.2 Å². The maximum absolute atomic E-state index is 13.5. The van der Waals surface area contributed by atoms with E-state index in [4.69, 9.17) is 0 Å². The van der Waals surface area contributed by atoms with Crippen molar-refractivity contribution in [1.29, 1.82) is 0 Å². The van der Waals surface area contributed by atoms with E-state index in [1.807, 2.05) is 7.05 Å². The molecule has 20 heavy (non-hydrogen) atoms. The molecule has 110 valence electrons. The van der Waals surface area contributed by atoms with Crippen molar-refractivity contribution in [3.05, 3.63) is 35.1 Å². The number of nitrogens with one attached hydrogen (secondary N) is 2. The Hall–Kier alpha value is -1.56. The number of amides is 1. The minimum absolute atomic E-state index is 0.0559. The molecule has 0 aromatic heterocycles. The van der Waals surface area contributed by atoms with Crippen LogP contribution < -0.4 is 10.6 Å². The van der Waals surface area contributed by atoms with Crippen LogP contribution >= 0.6 is 0 Å². The molecule has 0 radical (unpaired) electrons. The van der Waals surface area contributed by atoms with Crippen LogP contribution in [0.4, 0.5) is 13.2 Å². The molecular formula is C14H17F3N2O. The number of benzene rings is 1. The monoisotopic (exact) mass is 286 g/mol. The molecule has 0 bridgehead atoms. The van der Waals surface area contributed by atoms with E-state index < -0.39 is 28.9 Å². The Morgan fingerprint density at radius 1 is 1.05 bits per heavy atom. The van der Waals surface area contributed by atoms with Crippen LogP contribution in [-0.2, 0) is 0 Å². The van der Waals surface area contributed by atoms with Gasteiger partial charge in [0.25, 0.3) is 5.91 Å². The highest BCUT2D eigenvalue weighted by atomic mass is 19.2. The summed E-state index contributed by atoms with van der Waals surface area (Å²) in [4.78, 5) is 11.9. The first-order valence-electron chi connectivity index (χ1n) is 6.64. The zero-order valence-corrected chi connectivity index (χ0v) is 11.2. The minimum Gasteiger partial charge on any atom is -0.349 e. The maximum atomic E-state index is 13.5. The number of hydrogen-bond acceptors (Lipinski definition) is 2. The average Bonchev–Trinajstić information content (AvgIpc) is 2.45. The Morgan fingerprint density at radius 3 is 2.25 bits per heavy atom. The number of hydrogen-bond donors (Lipinski definition) is 2. The molecular weight excluding hydrogens is 269 g/mol. The van der Waals surface area contributed by atoms with Crippen molar-refractivity contribution in [3.8, 4) is 0 Å². The molecule has 0 heterocycles. The highest BCUT2D eigenvalue weighted by Gasteiger charge is 2.24. The lowest BCUT2D eigenvalue weighted by Crippen LogP contribution is -2.41. The van der Waals surface area contributed by atoms with Gasteiger partial charge in [0.2, 0.25) is 0 Å². The molecule has 0 aliphatic heterocycles. The molecule has 6 heteroatoms. The van der Waals surface area contributed by atoms with Crippen LogP contribution in [0.5, 0.6) is 0 Å². The van der Waals surface area contributed by atoms with Crippen LogP contribution in [0, 0.1) is 17.5 Å². The van der Waals surface area contributed by atoms with E-state index in [2.05, 4.69) is 10.6 Å². The Balaban J connectivity index is 2.01. The van der Waals surface area contributed by atoms with E-state index in [0.29, 0.717) is 6.04 Å². The predicted molar refractivity (Wildman–Crippen MR) is 68.9 cm³/mol. The van der Waals surface area contributed by atoms with E-state index in [1.165, 1.54) is 0 Å². The van der Waals surface area contributed by atoms with Gasteiger partial charge in [0.15, 0.2) is 17.5 Å². The van der Waals surface area contributed by atoms with Crippen molar-refractivity contribution in [2.24, 2.45) is 0 Å². The van der Waals surface area contributed by atoms with Crippen LogP contribution in [0.15, 0.2) is 12.1 Å².